The van der Waals surface area contributed by atoms with Crippen molar-refractivity contribution in [2.75, 3.05) is 19.6 Å². The maximum atomic E-state index is 9.54. The topological polar surface area (TPSA) is 44.3 Å². The molecule has 1 rings (SSSR count). The normalized spacial score (nSPS) is 25.6. The molecule has 1 unspecified atom stereocenters. The fourth-order valence-electron chi connectivity index (χ4n) is 1.62. The van der Waals surface area contributed by atoms with Gasteiger partial charge in [-0.15, -0.1) is 0 Å². The van der Waals surface area contributed by atoms with E-state index in [1.165, 1.54) is 19.3 Å². The molecule has 78 valence electrons. The van der Waals surface area contributed by atoms with E-state index in [0.717, 1.165) is 13.1 Å². The fourth-order valence-corrected chi connectivity index (χ4v) is 1.62. The summed E-state index contributed by atoms with van der Waals surface area (Å²) < 4.78 is 0. The molecule has 0 bridgehead atoms. The van der Waals surface area contributed by atoms with Crippen molar-refractivity contribution >= 4 is 0 Å². The summed E-state index contributed by atoms with van der Waals surface area (Å²) in [7, 11) is 0. The highest BCUT2D eigenvalue weighted by Gasteiger charge is 2.16. The number of hydrogen-bond acceptors (Lipinski definition) is 3. The van der Waals surface area contributed by atoms with E-state index in [9.17, 15) is 5.11 Å². The van der Waals surface area contributed by atoms with Crippen LogP contribution in [0, 0.1) is 0 Å². The average Bonchev–Trinajstić information content (AvgIpc) is 2.26. The lowest BCUT2D eigenvalue weighted by Gasteiger charge is -2.22. The van der Waals surface area contributed by atoms with Crippen LogP contribution in [0.2, 0.25) is 0 Å². The molecule has 3 heteroatoms. The van der Waals surface area contributed by atoms with Crippen molar-refractivity contribution in [3.63, 3.8) is 0 Å². The molecule has 1 aliphatic rings. The Balaban J connectivity index is 2.19. The lowest BCUT2D eigenvalue weighted by molar-refractivity contribution is 0.0758. The van der Waals surface area contributed by atoms with Crippen molar-refractivity contribution < 1.29 is 5.11 Å². The van der Waals surface area contributed by atoms with E-state index >= 15 is 0 Å². The van der Waals surface area contributed by atoms with Crippen LogP contribution in [0.5, 0.6) is 0 Å². The van der Waals surface area contributed by atoms with Gasteiger partial charge in [-0.3, -0.25) is 0 Å². The molecule has 1 aliphatic heterocycles. The molecule has 0 aliphatic carbocycles. The lowest BCUT2D eigenvalue weighted by Crippen LogP contribution is -2.40. The van der Waals surface area contributed by atoms with Gasteiger partial charge in [0.2, 0.25) is 0 Å². The molecule has 3 N–H and O–H groups in total. The van der Waals surface area contributed by atoms with Crippen molar-refractivity contribution in [1.82, 2.24) is 10.6 Å². The van der Waals surface area contributed by atoms with Crippen LogP contribution >= 0.6 is 0 Å². The second-order valence-electron chi connectivity index (χ2n) is 4.57. The highest BCUT2D eigenvalue weighted by atomic mass is 16.3. The van der Waals surface area contributed by atoms with Crippen LogP contribution in [0.25, 0.3) is 0 Å². The Morgan fingerprint density at radius 3 is 2.85 bits per heavy atom. The Hall–Kier alpha value is -0.120. The molecule has 1 atom stereocenters. The first-order chi connectivity index (χ1) is 6.08. The van der Waals surface area contributed by atoms with E-state index in [1.807, 2.05) is 13.8 Å². The first kappa shape index (κ1) is 11.0. The molecule has 13 heavy (non-hydrogen) atoms. The van der Waals surface area contributed by atoms with Crippen LogP contribution < -0.4 is 10.6 Å². The van der Waals surface area contributed by atoms with Crippen molar-refractivity contribution in [2.45, 2.75) is 44.8 Å². The summed E-state index contributed by atoms with van der Waals surface area (Å²) in [5, 5.41) is 16.3. The Labute approximate surface area is 80.9 Å². The van der Waals surface area contributed by atoms with Crippen LogP contribution in [0.1, 0.15) is 33.1 Å². The third-order valence-electron chi connectivity index (χ3n) is 2.40. The predicted molar refractivity (Wildman–Crippen MR) is 54.8 cm³/mol. The van der Waals surface area contributed by atoms with E-state index in [4.69, 9.17) is 0 Å². The summed E-state index contributed by atoms with van der Waals surface area (Å²) in [6.07, 6.45) is 3.64. The number of hydrogen-bond donors (Lipinski definition) is 3. The Bertz CT molecular complexity index is 134. The number of aliphatic hydroxyl groups is 1. The molecule has 0 spiro atoms. The molecule has 0 aromatic heterocycles. The van der Waals surface area contributed by atoms with E-state index in [0.29, 0.717) is 12.6 Å². The van der Waals surface area contributed by atoms with Gasteiger partial charge in [0, 0.05) is 12.6 Å². The smallest absolute Gasteiger partial charge is 0.0715 e. The van der Waals surface area contributed by atoms with E-state index in [-0.39, 0.29) is 0 Å². The third-order valence-corrected chi connectivity index (χ3v) is 2.40. The molecule has 3 nitrogen and oxygen atoms in total. The standard InChI is InChI=1S/C10H22N2O/c1-10(2,13)8-12-9-4-3-6-11-7-5-9/h9,11-13H,3-8H2,1-2H3. The number of nitrogens with one attached hydrogen (secondary N) is 2. The molecule has 1 fully saturated rings. The van der Waals surface area contributed by atoms with Crippen LogP contribution in [0.4, 0.5) is 0 Å². The highest BCUT2D eigenvalue weighted by Crippen LogP contribution is 2.06. The predicted octanol–water partition coefficient (Wildman–Crippen LogP) is 0.489. The molecule has 0 aromatic rings. The first-order valence-corrected chi connectivity index (χ1v) is 5.24. The molecular weight excluding hydrogens is 164 g/mol. The van der Waals surface area contributed by atoms with Crippen molar-refractivity contribution in [3.8, 4) is 0 Å². The zero-order valence-electron chi connectivity index (χ0n) is 8.77. The fraction of sp³-hybridized carbons (Fsp3) is 1.00. The molecule has 1 heterocycles. The Morgan fingerprint density at radius 1 is 1.38 bits per heavy atom. The van der Waals surface area contributed by atoms with Crippen molar-refractivity contribution in [1.29, 1.82) is 0 Å². The van der Waals surface area contributed by atoms with E-state index < -0.39 is 5.60 Å². The highest BCUT2D eigenvalue weighted by molar-refractivity contribution is 4.76. The lowest BCUT2D eigenvalue weighted by atomic mass is 10.1. The zero-order valence-corrected chi connectivity index (χ0v) is 8.77. The molecule has 0 saturated carbocycles. The van der Waals surface area contributed by atoms with Crippen LogP contribution in [-0.4, -0.2) is 36.4 Å². The van der Waals surface area contributed by atoms with Gasteiger partial charge in [-0.2, -0.15) is 0 Å². The van der Waals surface area contributed by atoms with Gasteiger partial charge in [-0.25, -0.2) is 0 Å². The second kappa shape index (κ2) is 4.94. The monoisotopic (exact) mass is 186 g/mol. The van der Waals surface area contributed by atoms with Crippen LogP contribution in [0.3, 0.4) is 0 Å². The average molecular weight is 186 g/mol. The molecule has 0 aromatic carbocycles. The molecule has 0 radical (unpaired) electrons. The van der Waals surface area contributed by atoms with Crippen molar-refractivity contribution in [3.05, 3.63) is 0 Å². The van der Waals surface area contributed by atoms with Gasteiger partial charge in [-0.05, 0) is 46.2 Å². The van der Waals surface area contributed by atoms with Gasteiger partial charge in [0.05, 0.1) is 5.60 Å². The zero-order chi connectivity index (χ0) is 9.73. The molecule has 0 amide bonds. The molecule has 1 saturated heterocycles. The van der Waals surface area contributed by atoms with E-state index in [1.54, 1.807) is 0 Å². The van der Waals surface area contributed by atoms with Gasteiger partial charge in [-0.1, -0.05) is 0 Å². The summed E-state index contributed by atoms with van der Waals surface area (Å²) in [6.45, 7) is 6.62. The maximum absolute atomic E-state index is 9.54. The Morgan fingerprint density at radius 2 is 2.15 bits per heavy atom. The summed E-state index contributed by atoms with van der Waals surface area (Å²) in [5.74, 6) is 0. The second-order valence-corrected chi connectivity index (χ2v) is 4.57. The third kappa shape index (κ3) is 5.24. The van der Waals surface area contributed by atoms with Gasteiger partial charge < -0.3 is 15.7 Å². The largest absolute Gasteiger partial charge is 0.389 e. The van der Waals surface area contributed by atoms with Crippen LogP contribution in [0.15, 0.2) is 0 Å². The minimum Gasteiger partial charge on any atom is -0.389 e. The van der Waals surface area contributed by atoms with Gasteiger partial charge in [0.25, 0.3) is 0 Å². The summed E-state index contributed by atoms with van der Waals surface area (Å²) >= 11 is 0. The minimum atomic E-state index is -0.584. The summed E-state index contributed by atoms with van der Waals surface area (Å²) in [6, 6.07) is 0.585. The molecular formula is C10H22N2O. The SMILES string of the molecule is CC(C)(O)CNC1CCCNCC1. The Kier molecular flexibility index (Phi) is 4.16. The minimum absolute atomic E-state index is 0.584. The quantitative estimate of drug-likeness (QED) is 0.601. The number of rotatable bonds is 3. The van der Waals surface area contributed by atoms with E-state index in [2.05, 4.69) is 10.6 Å². The van der Waals surface area contributed by atoms with Crippen molar-refractivity contribution in [2.24, 2.45) is 0 Å². The summed E-state index contributed by atoms with van der Waals surface area (Å²) in [5.41, 5.74) is -0.584. The van der Waals surface area contributed by atoms with Crippen LogP contribution in [-0.2, 0) is 0 Å². The maximum Gasteiger partial charge on any atom is 0.0715 e. The van der Waals surface area contributed by atoms with Gasteiger partial charge in [0.15, 0.2) is 0 Å². The first-order valence-electron chi connectivity index (χ1n) is 5.24. The van der Waals surface area contributed by atoms with Gasteiger partial charge >= 0.3 is 0 Å². The van der Waals surface area contributed by atoms with Gasteiger partial charge in [0.1, 0.15) is 0 Å². The summed E-state index contributed by atoms with van der Waals surface area (Å²) in [4.78, 5) is 0.